The summed E-state index contributed by atoms with van der Waals surface area (Å²) in [5.41, 5.74) is 5.06. The molecule has 0 heterocycles. The SMILES string of the molecule is NC(CC1CCCCC1)C(F)(F)F. The minimum Gasteiger partial charge on any atom is -0.320 e. The number of hydrogen-bond acceptors (Lipinski definition) is 1. The van der Waals surface area contributed by atoms with E-state index < -0.39 is 12.2 Å². The van der Waals surface area contributed by atoms with Crippen LogP contribution >= 0.6 is 0 Å². The van der Waals surface area contributed by atoms with Crippen LogP contribution in [0, 0.1) is 5.92 Å². The van der Waals surface area contributed by atoms with Crippen molar-refractivity contribution >= 4 is 0 Å². The lowest BCUT2D eigenvalue weighted by atomic mass is 9.85. The largest absolute Gasteiger partial charge is 0.403 e. The maximum atomic E-state index is 12.1. The molecular formula is C9H16F3N. The van der Waals surface area contributed by atoms with E-state index in [1.54, 1.807) is 0 Å². The molecule has 1 saturated carbocycles. The molecule has 0 saturated heterocycles. The Morgan fingerprint density at radius 2 is 1.69 bits per heavy atom. The summed E-state index contributed by atoms with van der Waals surface area (Å²) in [5.74, 6) is 0.199. The summed E-state index contributed by atoms with van der Waals surface area (Å²) in [4.78, 5) is 0. The van der Waals surface area contributed by atoms with E-state index in [1.807, 2.05) is 0 Å². The lowest BCUT2D eigenvalue weighted by Crippen LogP contribution is -2.39. The van der Waals surface area contributed by atoms with Crippen LogP contribution in [-0.4, -0.2) is 12.2 Å². The number of hydrogen-bond donors (Lipinski definition) is 1. The third-order valence-electron chi connectivity index (χ3n) is 2.73. The highest BCUT2D eigenvalue weighted by molar-refractivity contribution is 4.76. The molecular weight excluding hydrogens is 179 g/mol. The molecule has 1 aliphatic rings. The molecule has 78 valence electrons. The van der Waals surface area contributed by atoms with Gasteiger partial charge in [-0.2, -0.15) is 13.2 Å². The van der Waals surface area contributed by atoms with Gasteiger partial charge in [-0.25, -0.2) is 0 Å². The molecule has 1 rings (SSSR count). The van der Waals surface area contributed by atoms with Gasteiger partial charge in [0.05, 0.1) is 0 Å². The average Bonchev–Trinajstić information content (AvgIpc) is 2.04. The van der Waals surface area contributed by atoms with E-state index in [4.69, 9.17) is 5.73 Å². The summed E-state index contributed by atoms with van der Waals surface area (Å²) >= 11 is 0. The fourth-order valence-corrected chi connectivity index (χ4v) is 1.92. The third kappa shape index (κ3) is 3.55. The predicted molar refractivity (Wildman–Crippen MR) is 45.2 cm³/mol. The fraction of sp³-hybridized carbons (Fsp3) is 1.00. The maximum absolute atomic E-state index is 12.1. The van der Waals surface area contributed by atoms with Crippen LogP contribution in [0.5, 0.6) is 0 Å². The van der Waals surface area contributed by atoms with Gasteiger partial charge < -0.3 is 5.73 Å². The van der Waals surface area contributed by atoms with E-state index in [0.29, 0.717) is 0 Å². The van der Waals surface area contributed by atoms with Crippen LogP contribution in [0.3, 0.4) is 0 Å². The predicted octanol–water partition coefficient (Wildman–Crippen LogP) is 2.85. The van der Waals surface area contributed by atoms with E-state index in [-0.39, 0.29) is 12.3 Å². The normalized spacial score (nSPS) is 23.1. The second-order valence-electron chi connectivity index (χ2n) is 3.89. The van der Waals surface area contributed by atoms with Gasteiger partial charge in [-0.15, -0.1) is 0 Å². The van der Waals surface area contributed by atoms with Crippen molar-refractivity contribution in [2.75, 3.05) is 0 Å². The fourth-order valence-electron chi connectivity index (χ4n) is 1.92. The van der Waals surface area contributed by atoms with Gasteiger partial charge in [0.25, 0.3) is 0 Å². The lowest BCUT2D eigenvalue weighted by molar-refractivity contribution is -0.151. The molecule has 1 unspecified atom stereocenters. The maximum Gasteiger partial charge on any atom is 0.403 e. The van der Waals surface area contributed by atoms with Gasteiger partial charge >= 0.3 is 6.18 Å². The van der Waals surface area contributed by atoms with Crippen LogP contribution in [0.1, 0.15) is 38.5 Å². The van der Waals surface area contributed by atoms with Crippen molar-refractivity contribution < 1.29 is 13.2 Å². The van der Waals surface area contributed by atoms with Crippen LogP contribution < -0.4 is 5.73 Å². The molecule has 0 spiro atoms. The monoisotopic (exact) mass is 195 g/mol. The van der Waals surface area contributed by atoms with Gasteiger partial charge in [0.1, 0.15) is 6.04 Å². The first-order valence-corrected chi connectivity index (χ1v) is 4.82. The van der Waals surface area contributed by atoms with Crippen molar-refractivity contribution in [3.05, 3.63) is 0 Å². The van der Waals surface area contributed by atoms with E-state index in [9.17, 15) is 13.2 Å². The molecule has 13 heavy (non-hydrogen) atoms. The Balaban J connectivity index is 2.30. The van der Waals surface area contributed by atoms with Crippen LogP contribution in [-0.2, 0) is 0 Å². The topological polar surface area (TPSA) is 26.0 Å². The highest BCUT2D eigenvalue weighted by Gasteiger charge is 2.37. The van der Waals surface area contributed by atoms with Gasteiger partial charge in [0.15, 0.2) is 0 Å². The lowest BCUT2D eigenvalue weighted by Gasteiger charge is -2.25. The van der Waals surface area contributed by atoms with E-state index in [0.717, 1.165) is 32.1 Å². The van der Waals surface area contributed by atoms with Gasteiger partial charge in [0.2, 0.25) is 0 Å². The molecule has 0 radical (unpaired) electrons. The quantitative estimate of drug-likeness (QED) is 0.720. The first-order valence-electron chi connectivity index (χ1n) is 4.82. The van der Waals surface area contributed by atoms with Crippen molar-refractivity contribution in [1.82, 2.24) is 0 Å². The van der Waals surface area contributed by atoms with Crippen LogP contribution in [0.15, 0.2) is 0 Å². The Morgan fingerprint density at radius 1 is 1.15 bits per heavy atom. The van der Waals surface area contributed by atoms with Gasteiger partial charge in [-0.05, 0) is 12.3 Å². The molecule has 0 bridgehead atoms. The first kappa shape index (κ1) is 10.8. The molecule has 1 aliphatic carbocycles. The minimum absolute atomic E-state index is 0.115. The molecule has 1 nitrogen and oxygen atoms in total. The summed E-state index contributed by atoms with van der Waals surface area (Å²) < 4.78 is 36.2. The number of nitrogens with two attached hydrogens (primary N) is 1. The average molecular weight is 195 g/mol. The Kier molecular flexibility index (Phi) is 3.59. The molecule has 2 N–H and O–H groups in total. The van der Waals surface area contributed by atoms with Gasteiger partial charge in [-0.1, -0.05) is 32.1 Å². The zero-order valence-electron chi connectivity index (χ0n) is 7.61. The van der Waals surface area contributed by atoms with Crippen molar-refractivity contribution in [3.8, 4) is 0 Å². The number of halogens is 3. The van der Waals surface area contributed by atoms with Crippen molar-refractivity contribution in [1.29, 1.82) is 0 Å². The standard InChI is InChI=1S/C9H16F3N/c10-9(11,12)8(13)6-7-4-2-1-3-5-7/h7-8H,1-6,13H2. The van der Waals surface area contributed by atoms with Crippen LogP contribution in [0.4, 0.5) is 13.2 Å². The smallest absolute Gasteiger partial charge is 0.320 e. The Bertz CT molecular complexity index is 149. The molecule has 0 aliphatic heterocycles. The van der Waals surface area contributed by atoms with Crippen molar-refractivity contribution in [3.63, 3.8) is 0 Å². The molecule has 1 fully saturated rings. The minimum atomic E-state index is -4.21. The van der Waals surface area contributed by atoms with E-state index >= 15 is 0 Å². The number of rotatable bonds is 2. The highest BCUT2D eigenvalue weighted by Crippen LogP contribution is 2.31. The Labute approximate surface area is 76.5 Å². The second-order valence-corrected chi connectivity index (χ2v) is 3.89. The molecule has 0 aromatic rings. The summed E-state index contributed by atoms with van der Waals surface area (Å²) in [6.45, 7) is 0. The van der Waals surface area contributed by atoms with E-state index in [1.165, 1.54) is 0 Å². The highest BCUT2D eigenvalue weighted by atomic mass is 19.4. The molecule has 0 amide bonds. The summed E-state index contributed by atoms with van der Waals surface area (Å²) in [7, 11) is 0. The third-order valence-corrected chi connectivity index (χ3v) is 2.73. The first-order chi connectivity index (χ1) is 6.00. The zero-order valence-corrected chi connectivity index (χ0v) is 7.61. The number of alkyl halides is 3. The summed E-state index contributed by atoms with van der Waals surface area (Å²) in [6.07, 6.45) is 1.04. The Hall–Kier alpha value is -0.250. The zero-order chi connectivity index (χ0) is 9.90. The molecule has 0 aromatic carbocycles. The molecule has 0 aromatic heterocycles. The summed E-state index contributed by atoms with van der Waals surface area (Å²) in [6, 6.07) is -1.62. The van der Waals surface area contributed by atoms with E-state index in [2.05, 4.69) is 0 Å². The second kappa shape index (κ2) is 4.31. The van der Waals surface area contributed by atoms with Crippen LogP contribution in [0.2, 0.25) is 0 Å². The molecule has 4 heteroatoms. The van der Waals surface area contributed by atoms with Crippen molar-refractivity contribution in [2.24, 2.45) is 11.7 Å². The van der Waals surface area contributed by atoms with Crippen LogP contribution in [0.25, 0.3) is 0 Å². The van der Waals surface area contributed by atoms with Crippen molar-refractivity contribution in [2.45, 2.75) is 50.7 Å². The Morgan fingerprint density at radius 3 is 2.15 bits per heavy atom. The van der Waals surface area contributed by atoms with Gasteiger partial charge in [0, 0.05) is 0 Å². The summed E-state index contributed by atoms with van der Waals surface area (Å²) in [5, 5.41) is 0. The molecule has 1 atom stereocenters. The van der Waals surface area contributed by atoms with Gasteiger partial charge in [-0.3, -0.25) is 0 Å².